The molecular weight excluding hydrogens is 186 g/mol. The minimum absolute atomic E-state index is 0.745. The van der Waals surface area contributed by atoms with Crippen LogP contribution in [0, 0.1) is 0 Å². The first-order chi connectivity index (χ1) is 7.31. The van der Waals surface area contributed by atoms with E-state index < -0.39 is 0 Å². The Morgan fingerprint density at radius 2 is 2.20 bits per heavy atom. The molecule has 0 unspecified atom stereocenters. The number of anilines is 1. The van der Waals surface area contributed by atoms with Gasteiger partial charge in [0.25, 0.3) is 0 Å². The summed E-state index contributed by atoms with van der Waals surface area (Å²) >= 11 is 0. The van der Waals surface area contributed by atoms with Gasteiger partial charge in [-0.15, -0.1) is 0 Å². The third-order valence-corrected chi connectivity index (χ3v) is 3.05. The van der Waals surface area contributed by atoms with Crippen molar-refractivity contribution in [3.05, 3.63) is 23.4 Å². The molecule has 0 bridgehead atoms. The number of pyridine rings is 1. The summed E-state index contributed by atoms with van der Waals surface area (Å²) in [6, 6.07) is 2.23. The van der Waals surface area contributed by atoms with Gasteiger partial charge in [0, 0.05) is 19.8 Å². The number of nitrogens with two attached hydrogens (primary N) is 1. The lowest BCUT2D eigenvalue weighted by Crippen LogP contribution is -2.22. The second kappa shape index (κ2) is 4.62. The van der Waals surface area contributed by atoms with E-state index >= 15 is 0 Å². The fourth-order valence-corrected chi connectivity index (χ4v) is 2.09. The summed E-state index contributed by atoms with van der Waals surface area (Å²) in [4.78, 5) is 6.67. The van der Waals surface area contributed by atoms with Gasteiger partial charge in [0.1, 0.15) is 5.82 Å². The molecule has 2 rings (SSSR count). The third kappa shape index (κ3) is 2.29. The normalized spacial score (nSPS) is 14.0. The monoisotopic (exact) mass is 205 g/mol. The Hall–Kier alpha value is -1.09. The molecule has 0 aromatic carbocycles. The van der Waals surface area contributed by atoms with E-state index in [4.69, 9.17) is 5.73 Å². The molecule has 0 fully saturated rings. The van der Waals surface area contributed by atoms with E-state index in [1.165, 1.54) is 30.4 Å². The predicted octanol–water partition coefficient (Wildman–Crippen LogP) is 1.36. The van der Waals surface area contributed by atoms with E-state index in [1.54, 1.807) is 0 Å². The molecule has 3 nitrogen and oxygen atoms in total. The molecule has 0 saturated carbocycles. The van der Waals surface area contributed by atoms with Gasteiger partial charge in [0.15, 0.2) is 0 Å². The molecule has 0 spiro atoms. The Balaban J connectivity index is 2.08. The first-order valence-electron chi connectivity index (χ1n) is 5.70. The maximum absolute atomic E-state index is 5.50. The lowest BCUT2D eigenvalue weighted by Gasteiger charge is -2.18. The molecule has 1 aromatic heterocycles. The Morgan fingerprint density at radius 3 is 3.00 bits per heavy atom. The van der Waals surface area contributed by atoms with Crippen LogP contribution in [-0.2, 0) is 12.8 Å². The largest absolute Gasteiger partial charge is 0.360 e. The molecule has 82 valence electrons. The number of aromatic nitrogens is 1. The van der Waals surface area contributed by atoms with Crippen molar-refractivity contribution in [3.63, 3.8) is 0 Å². The Kier molecular flexibility index (Phi) is 3.21. The van der Waals surface area contributed by atoms with E-state index in [0.29, 0.717) is 0 Å². The summed E-state index contributed by atoms with van der Waals surface area (Å²) in [5.74, 6) is 1.09. The molecule has 15 heavy (non-hydrogen) atoms. The summed E-state index contributed by atoms with van der Waals surface area (Å²) in [6.45, 7) is 1.73. The van der Waals surface area contributed by atoms with Crippen LogP contribution in [0.1, 0.15) is 24.0 Å². The zero-order valence-electron chi connectivity index (χ0n) is 9.37. The van der Waals surface area contributed by atoms with Gasteiger partial charge in [-0.3, -0.25) is 0 Å². The molecule has 0 amide bonds. The minimum atomic E-state index is 0.745. The molecular formula is C12H19N3. The summed E-state index contributed by atoms with van der Waals surface area (Å²) in [7, 11) is 2.08. The molecule has 1 heterocycles. The molecule has 0 radical (unpaired) electrons. The first-order valence-corrected chi connectivity index (χ1v) is 5.70. The van der Waals surface area contributed by atoms with Crippen molar-refractivity contribution >= 4 is 5.82 Å². The van der Waals surface area contributed by atoms with Crippen LogP contribution in [0.3, 0.4) is 0 Å². The molecule has 0 atom stereocenters. The third-order valence-electron chi connectivity index (χ3n) is 3.05. The number of nitrogens with zero attached hydrogens (tertiary/aromatic N) is 2. The molecule has 0 aliphatic heterocycles. The summed E-state index contributed by atoms with van der Waals surface area (Å²) in [5, 5.41) is 0. The van der Waals surface area contributed by atoms with E-state index in [1.807, 2.05) is 6.20 Å². The van der Waals surface area contributed by atoms with Crippen LogP contribution in [0.15, 0.2) is 12.3 Å². The van der Waals surface area contributed by atoms with E-state index in [9.17, 15) is 0 Å². The molecule has 1 aromatic rings. The molecule has 1 aliphatic carbocycles. The number of fused-ring (bicyclic) bond motifs is 1. The van der Waals surface area contributed by atoms with Crippen molar-refractivity contribution in [2.45, 2.75) is 25.7 Å². The first kappa shape index (κ1) is 10.4. The van der Waals surface area contributed by atoms with Crippen LogP contribution in [-0.4, -0.2) is 25.1 Å². The smallest absolute Gasteiger partial charge is 0.128 e. The fraction of sp³-hybridized carbons (Fsp3) is 0.583. The molecule has 0 saturated heterocycles. The van der Waals surface area contributed by atoms with E-state index in [-0.39, 0.29) is 0 Å². The maximum atomic E-state index is 5.50. The van der Waals surface area contributed by atoms with Gasteiger partial charge in [0.2, 0.25) is 0 Å². The lowest BCUT2D eigenvalue weighted by atomic mass is 10.2. The highest BCUT2D eigenvalue weighted by Crippen LogP contribution is 2.24. The summed E-state index contributed by atoms with van der Waals surface area (Å²) in [6.07, 6.45) is 6.77. The van der Waals surface area contributed by atoms with Crippen LogP contribution in [0.25, 0.3) is 0 Å². The van der Waals surface area contributed by atoms with Crippen LogP contribution in [0.4, 0.5) is 5.82 Å². The van der Waals surface area contributed by atoms with Gasteiger partial charge in [-0.25, -0.2) is 4.98 Å². The van der Waals surface area contributed by atoms with Gasteiger partial charge in [-0.2, -0.15) is 0 Å². The highest BCUT2D eigenvalue weighted by atomic mass is 15.2. The minimum Gasteiger partial charge on any atom is -0.360 e. The highest BCUT2D eigenvalue weighted by Gasteiger charge is 2.12. The highest BCUT2D eigenvalue weighted by molar-refractivity contribution is 5.44. The number of aryl methyl sites for hydroxylation is 2. The number of rotatable bonds is 4. The van der Waals surface area contributed by atoms with Gasteiger partial charge in [-0.05, 0) is 49.4 Å². The Morgan fingerprint density at radius 1 is 1.40 bits per heavy atom. The maximum Gasteiger partial charge on any atom is 0.128 e. The van der Waals surface area contributed by atoms with Crippen molar-refractivity contribution in [2.75, 3.05) is 25.0 Å². The second-order valence-corrected chi connectivity index (χ2v) is 4.23. The second-order valence-electron chi connectivity index (χ2n) is 4.23. The predicted molar refractivity (Wildman–Crippen MR) is 63.2 cm³/mol. The van der Waals surface area contributed by atoms with Gasteiger partial charge in [0.05, 0.1) is 0 Å². The van der Waals surface area contributed by atoms with Crippen molar-refractivity contribution in [2.24, 2.45) is 5.73 Å². The van der Waals surface area contributed by atoms with Gasteiger partial charge < -0.3 is 10.6 Å². The van der Waals surface area contributed by atoms with Crippen LogP contribution in [0.2, 0.25) is 0 Å². The Labute approximate surface area is 91.3 Å². The SMILES string of the molecule is CN(CCCN)c1cc2c(cn1)CCC2. The lowest BCUT2D eigenvalue weighted by molar-refractivity contribution is 0.786. The van der Waals surface area contributed by atoms with Crippen LogP contribution < -0.4 is 10.6 Å². The summed E-state index contributed by atoms with van der Waals surface area (Å²) < 4.78 is 0. The van der Waals surface area contributed by atoms with E-state index in [2.05, 4.69) is 23.0 Å². The topological polar surface area (TPSA) is 42.1 Å². The average Bonchev–Trinajstić information content (AvgIpc) is 2.72. The quantitative estimate of drug-likeness (QED) is 0.807. The van der Waals surface area contributed by atoms with Crippen molar-refractivity contribution in [3.8, 4) is 0 Å². The molecule has 2 N–H and O–H groups in total. The number of hydrogen-bond acceptors (Lipinski definition) is 3. The van der Waals surface area contributed by atoms with Crippen LogP contribution in [0.5, 0.6) is 0 Å². The van der Waals surface area contributed by atoms with Gasteiger partial charge in [-0.1, -0.05) is 0 Å². The van der Waals surface area contributed by atoms with Crippen molar-refractivity contribution in [1.29, 1.82) is 0 Å². The van der Waals surface area contributed by atoms with E-state index in [0.717, 1.165) is 25.3 Å². The average molecular weight is 205 g/mol. The van der Waals surface area contributed by atoms with Gasteiger partial charge >= 0.3 is 0 Å². The fourth-order valence-electron chi connectivity index (χ4n) is 2.09. The summed E-state index contributed by atoms with van der Waals surface area (Å²) in [5.41, 5.74) is 8.42. The molecule has 1 aliphatic rings. The standard InChI is InChI=1S/C12H19N3/c1-15(7-3-6-13)12-8-10-4-2-5-11(10)9-14-12/h8-9H,2-7,13H2,1H3. The Bertz CT molecular complexity index is 336. The van der Waals surface area contributed by atoms with Crippen molar-refractivity contribution < 1.29 is 0 Å². The molecule has 3 heteroatoms. The van der Waals surface area contributed by atoms with Crippen molar-refractivity contribution in [1.82, 2.24) is 4.98 Å². The van der Waals surface area contributed by atoms with Crippen LogP contribution >= 0.6 is 0 Å². The number of hydrogen-bond donors (Lipinski definition) is 1. The zero-order chi connectivity index (χ0) is 10.7. The zero-order valence-corrected chi connectivity index (χ0v) is 9.37.